The first-order valence-electron chi connectivity index (χ1n) is 5.75. The molecule has 0 aliphatic heterocycles. The third kappa shape index (κ3) is 2.47. The van der Waals surface area contributed by atoms with Crippen LogP contribution in [0.1, 0.15) is 48.3 Å². The van der Waals surface area contributed by atoms with Crippen LogP contribution in [0.4, 0.5) is 0 Å². The lowest BCUT2D eigenvalue weighted by Gasteiger charge is -2.21. The molecule has 1 aliphatic carbocycles. The monoisotopic (exact) mass is 202 g/mol. The van der Waals surface area contributed by atoms with Crippen molar-refractivity contribution < 1.29 is 4.79 Å². The molecular formula is C14H18O. The van der Waals surface area contributed by atoms with E-state index in [1.807, 2.05) is 0 Å². The Hall–Kier alpha value is -1.11. The molecular weight excluding hydrogens is 184 g/mol. The number of hydrogen-bond donors (Lipinski definition) is 0. The van der Waals surface area contributed by atoms with Gasteiger partial charge in [0.1, 0.15) is 5.78 Å². The number of benzene rings is 1. The van der Waals surface area contributed by atoms with Crippen LogP contribution in [0.25, 0.3) is 0 Å². The summed E-state index contributed by atoms with van der Waals surface area (Å²) in [5.74, 6) is 0.912. The van der Waals surface area contributed by atoms with Crippen LogP contribution in [-0.4, -0.2) is 5.78 Å². The van der Waals surface area contributed by atoms with Gasteiger partial charge in [-0.3, -0.25) is 4.79 Å². The molecule has 1 saturated carbocycles. The number of aryl methyl sites for hydroxylation is 2. The summed E-state index contributed by atoms with van der Waals surface area (Å²) in [6, 6.07) is 6.65. The van der Waals surface area contributed by atoms with Crippen molar-refractivity contribution >= 4 is 5.78 Å². The minimum atomic E-state index is 0.436. The average Bonchev–Trinajstić information content (AvgIpc) is 2.16. The van der Waals surface area contributed by atoms with Crippen molar-refractivity contribution in [3.8, 4) is 0 Å². The molecule has 15 heavy (non-hydrogen) atoms. The minimum absolute atomic E-state index is 0.436. The van der Waals surface area contributed by atoms with E-state index in [4.69, 9.17) is 0 Å². The third-order valence-corrected chi connectivity index (χ3v) is 3.20. The molecule has 0 radical (unpaired) electrons. The first-order valence-corrected chi connectivity index (χ1v) is 5.75. The Labute approximate surface area is 91.5 Å². The predicted molar refractivity (Wildman–Crippen MR) is 62.1 cm³/mol. The molecule has 0 amide bonds. The zero-order chi connectivity index (χ0) is 10.8. The van der Waals surface area contributed by atoms with Crippen LogP contribution < -0.4 is 0 Å². The minimum Gasteiger partial charge on any atom is -0.300 e. The van der Waals surface area contributed by atoms with E-state index in [2.05, 4.69) is 32.0 Å². The Morgan fingerprint density at radius 2 is 1.80 bits per heavy atom. The lowest BCUT2D eigenvalue weighted by molar-refractivity contribution is -0.120. The molecule has 1 aromatic carbocycles. The highest BCUT2D eigenvalue weighted by molar-refractivity contribution is 5.80. The van der Waals surface area contributed by atoms with E-state index >= 15 is 0 Å². The zero-order valence-corrected chi connectivity index (χ0v) is 9.55. The topological polar surface area (TPSA) is 17.1 Å². The van der Waals surface area contributed by atoms with Crippen molar-refractivity contribution in [1.29, 1.82) is 0 Å². The largest absolute Gasteiger partial charge is 0.300 e. The van der Waals surface area contributed by atoms with Crippen LogP contribution in [0.3, 0.4) is 0 Å². The summed E-state index contributed by atoms with van der Waals surface area (Å²) in [4.78, 5) is 11.4. The molecule has 1 atom stereocenters. The Bertz CT molecular complexity index is 359. The molecule has 2 rings (SSSR count). The summed E-state index contributed by atoms with van der Waals surface area (Å²) in [6.07, 6.45) is 3.79. The first kappa shape index (κ1) is 10.4. The van der Waals surface area contributed by atoms with E-state index in [0.29, 0.717) is 11.7 Å². The number of rotatable bonds is 1. The molecule has 1 aromatic rings. The van der Waals surface area contributed by atoms with Crippen molar-refractivity contribution in [1.82, 2.24) is 0 Å². The number of hydrogen-bond acceptors (Lipinski definition) is 1. The first-order chi connectivity index (χ1) is 7.15. The van der Waals surface area contributed by atoms with Crippen molar-refractivity contribution in [3.05, 3.63) is 34.9 Å². The van der Waals surface area contributed by atoms with Crippen molar-refractivity contribution in [3.63, 3.8) is 0 Å². The van der Waals surface area contributed by atoms with Gasteiger partial charge in [-0.2, -0.15) is 0 Å². The summed E-state index contributed by atoms with van der Waals surface area (Å²) in [6.45, 7) is 4.25. The van der Waals surface area contributed by atoms with E-state index in [9.17, 15) is 4.79 Å². The summed E-state index contributed by atoms with van der Waals surface area (Å²) in [5.41, 5.74) is 3.98. The highest BCUT2D eigenvalue weighted by Gasteiger charge is 2.20. The molecule has 0 saturated heterocycles. The van der Waals surface area contributed by atoms with Crippen LogP contribution in [0, 0.1) is 13.8 Å². The second kappa shape index (κ2) is 4.18. The molecule has 0 heterocycles. The Kier molecular flexibility index (Phi) is 2.90. The van der Waals surface area contributed by atoms with Crippen LogP contribution >= 0.6 is 0 Å². The van der Waals surface area contributed by atoms with Crippen LogP contribution in [-0.2, 0) is 4.79 Å². The van der Waals surface area contributed by atoms with Crippen LogP contribution in [0.15, 0.2) is 18.2 Å². The molecule has 1 heteroatoms. The molecule has 1 aliphatic rings. The quantitative estimate of drug-likeness (QED) is 0.681. The zero-order valence-electron chi connectivity index (χ0n) is 9.55. The van der Waals surface area contributed by atoms with Gasteiger partial charge in [0, 0.05) is 12.8 Å². The molecule has 1 nitrogen and oxygen atoms in total. The lowest BCUT2D eigenvalue weighted by Crippen LogP contribution is -2.13. The fourth-order valence-electron chi connectivity index (χ4n) is 2.55. The van der Waals surface area contributed by atoms with Crippen molar-refractivity contribution in [2.45, 2.75) is 45.4 Å². The van der Waals surface area contributed by atoms with Gasteiger partial charge in [-0.05, 0) is 38.2 Å². The molecule has 0 bridgehead atoms. The highest BCUT2D eigenvalue weighted by Crippen LogP contribution is 2.31. The van der Waals surface area contributed by atoms with E-state index in [1.54, 1.807) is 0 Å². The second-order valence-electron chi connectivity index (χ2n) is 4.75. The van der Waals surface area contributed by atoms with Gasteiger partial charge in [-0.1, -0.05) is 29.3 Å². The summed E-state index contributed by atoms with van der Waals surface area (Å²) >= 11 is 0. The van der Waals surface area contributed by atoms with Gasteiger partial charge in [0.25, 0.3) is 0 Å². The van der Waals surface area contributed by atoms with Gasteiger partial charge in [0.05, 0.1) is 0 Å². The van der Waals surface area contributed by atoms with Gasteiger partial charge in [0.2, 0.25) is 0 Å². The van der Waals surface area contributed by atoms with E-state index in [1.165, 1.54) is 23.1 Å². The van der Waals surface area contributed by atoms with Gasteiger partial charge < -0.3 is 0 Å². The Morgan fingerprint density at radius 1 is 1.13 bits per heavy atom. The maximum Gasteiger partial charge on any atom is 0.133 e. The third-order valence-electron chi connectivity index (χ3n) is 3.20. The maximum atomic E-state index is 11.4. The SMILES string of the molecule is Cc1cc(C)cc(C2CCCC(=O)C2)c1. The summed E-state index contributed by atoms with van der Waals surface area (Å²) in [7, 11) is 0. The smallest absolute Gasteiger partial charge is 0.133 e. The van der Waals surface area contributed by atoms with E-state index < -0.39 is 0 Å². The fourth-order valence-corrected chi connectivity index (χ4v) is 2.55. The molecule has 1 fully saturated rings. The van der Waals surface area contributed by atoms with Crippen molar-refractivity contribution in [2.75, 3.05) is 0 Å². The standard InChI is InChI=1S/C14H18O/c1-10-6-11(2)8-13(7-10)12-4-3-5-14(15)9-12/h6-8,12H,3-5,9H2,1-2H3. The van der Waals surface area contributed by atoms with Gasteiger partial charge in [-0.25, -0.2) is 0 Å². The van der Waals surface area contributed by atoms with Crippen molar-refractivity contribution in [2.24, 2.45) is 0 Å². The van der Waals surface area contributed by atoms with Gasteiger partial charge in [0.15, 0.2) is 0 Å². The average molecular weight is 202 g/mol. The molecule has 0 spiro atoms. The van der Waals surface area contributed by atoms with Crippen LogP contribution in [0.2, 0.25) is 0 Å². The number of carbonyl (C=O) groups is 1. The fraction of sp³-hybridized carbons (Fsp3) is 0.500. The summed E-state index contributed by atoms with van der Waals surface area (Å²) in [5, 5.41) is 0. The molecule has 0 N–H and O–H groups in total. The molecule has 0 aromatic heterocycles. The van der Waals surface area contributed by atoms with E-state index in [0.717, 1.165) is 19.3 Å². The lowest BCUT2D eigenvalue weighted by atomic mass is 9.82. The van der Waals surface area contributed by atoms with Gasteiger partial charge in [-0.15, -0.1) is 0 Å². The maximum absolute atomic E-state index is 11.4. The summed E-state index contributed by atoms with van der Waals surface area (Å²) < 4.78 is 0. The second-order valence-corrected chi connectivity index (χ2v) is 4.75. The normalized spacial score (nSPS) is 21.7. The number of carbonyl (C=O) groups excluding carboxylic acids is 1. The molecule has 1 unspecified atom stereocenters. The van der Waals surface area contributed by atoms with Crippen LogP contribution in [0.5, 0.6) is 0 Å². The Morgan fingerprint density at radius 3 is 2.40 bits per heavy atom. The highest BCUT2D eigenvalue weighted by atomic mass is 16.1. The molecule has 80 valence electrons. The number of Topliss-reactive ketones (excluding diaryl/α,β-unsaturated/α-hetero) is 1. The number of ketones is 1. The van der Waals surface area contributed by atoms with Gasteiger partial charge >= 0.3 is 0 Å². The Balaban J connectivity index is 2.24. The van der Waals surface area contributed by atoms with E-state index in [-0.39, 0.29) is 0 Å². The predicted octanol–water partition coefficient (Wildman–Crippen LogP) is 3.53.